The maximum Gasteiger partial charge on any atom is 0.322 e. The maximum atomic E-state index is 9.62. The van der Waals surface area contributed by atoms with Crippen molar-refractivity contribution in [3.05, 3.63) is 0 Å². The fraction of sp³-hybridized carbons (Fsp3) is 0.727. The number of nitrogens with one attached hydrogen (secondary N) is 2. The Bertz CT molecular complexity index is 401. The molecule has 2 heterocycles. The van der Waals surface area contributed by atoms with Crippen LogP contribution in [0.5, 0.6) is 6.01 Å². The number of rotatable bonds is 5. The first-order valence-corrected chi connectivity index (χ1v) is 6.16. The van der Waals surface area contributed by atoms with Crippen LogP contribution in [0, 0.1) is 0 Å². The second-order valence-corrected chi connectivity index (χ2v) is 4.40. The molecule has 8 heteroatoms. The Morgan fingerprint density at radius 3 is 2.53 bits per heavy atom. The van der Waals surface area contributed by atoms with Crippen LogP contribution in [0.15, 0.2) is 0 Å². The molecule has 0 amide bonds. The van der Waals surface area contributed by atoms with Crippen molar-refractivity contribution in [3.8, 4) is 6.01 Å². The van der Waals surface area contributed by atoms with Crippen molar-refractivity contribution in [1.29, 1.82) is 0 Å². The van der Waals surface area contributed by atoms with Gasteiger partial charge < -0.3 is 25.2 Å². The lowest BCUT2D eigenvalue weighted by Crippen LogP contribution is -2.47. The number of hydrogen-bond acceptors (Lipinski definition) is 8. The Kier molecular flexibility index (Phi) is 4.33. The first-order valence-electron chi connectivity index (χ1n) is 6.16. The molecule has 8 nitrogen and oxygen atoms in total. The molecule has 0 bridgehead atoms. The molecule has 0 atom stereocenters. The van der Waals surface area contributed by atoms with Crippen LogP contribution in [0.2, 0.25) is 0 Å². The van der Waals surface area contributed by atoms with Gasteiger partial charge in [-0.2, -0.15) is 15.0 Å². The van der Waals surface area contributed by atoms with E-state index in [1.807, 2.05) is 0 Å². The van der Waals surface area contributed by atoms with Gasteiger partial charge in [-0.25, -0.2) is 0 Å². The number of ether oxygens (including phenoxy) is 2. The van der Waals surface area contributed by atoms with E-state index in [1.165, 1.54) is 7.11 Å². The van der Waals surface area contributed by atoms with Crippen molar-refractivity contribution in [2.45, 2.75) is 18.4 Å². The fourth-order valence-electron chi connectivity index (χ4n) is 1.94. The monoisotopic (exact) mass is 269 g/mol. The van der Waals surface area contributed by atoms with Gasteiger partial charge in [0.1, 0.15) is 0 Å². The first-order chi connectivity index (χ1) is 9.21. The van der Waals surface area contributed by atoms with E-state index in [0.29, 0.717) is 38.0 Å². The summed E-state index contributed by atoms with van der Waals surface area (Å²) >= 11 is 0. The fourth-order valence-corrected chi connectivity index (χ4v) is 1.94. The predicted octanol–water partition coefficient (Wildman–Crippen LogP) is -0.125. The molecule has 1 aliphatic rings. The highest BCUT2D eigenvalue weighted by molar-refractivity contribution is 5.38. The summed E-state index contributed by atoms with van der Waals surface area (Å²) in [5.74, 6) is 0.793. The van der Waals surface area contributed by atoms with E-state index in [-0.39, 0.29) is 12.6 Å². The zero-order valence-corrected chi connectivity index (χ0v) is 11.1. The van der Waals surface area contributed by atoms with E-state index >= 15 is 0 Å². The smallest absolute Gasteiger partial charge is 0.322 e. The van der Waals surface area contributed by atoms with Crippen LogP contribution >= 0.6 is 0 Å². The van der Waals surface area contributed by atoms with E-state index < -0.39 is 5.54 Å². The maximum absolute atomic E-state index is 9.62. The third-order valence-electron chi connectivity index (χ3n) is 3.15. The van der Waals surface area contributed by atoms with Gasteiger partial charge in [0.15, 0.2) is 0 Å². The lowest BCUT2D eigenvalue weighted by molar-refractivity contribution is 0.0376. The van der Waals surface area contributed by atoms with Gasteiger partial charge in [0, 0.05) is 20.3 Å². The summed E-state index contributed by atoms with van der Waals surface area (Å²) < 4.78 is 10.3. The largest absolute Gasteiger partial charge is 0.467 e. The second-order valence-electron chi connectivity index (χ2n) is 4.40. The Morgan fingerprint density at radius 2 is 1.95 bits per heavy atom. The van der Waals surface area contributed by atoms with Crippen molar-refractivity contribution < 1.29 is 14.6 Å². The summed E-state index contributed by atoms with van der Waals surface area (Å²) in [6.45, 7) is 1.21. The minimum absolute atomic E-state index is 0.000749. The molecular weight excluding hydrogens is 250 g/mol. The first kappa shape index (κ1) is 13.8. The molecule has 0 saturated carbocycles. The highest BCUT2D eigenvalue weighted by Crippen LogP contribution is 2.25. The van der Waals surface area contributed by atoms with E-state index in [0.717, 1.165) is 0 Å². The van der Waals surface area contributed by atoms with Crippen molar-refractivity contribution in [1.82, 2.24) is 15.0 Å². The molecule has 3 N–H and O–H groups in total. The van der Waals surface area contributed by atoms with Gasteiger partial charge >= 0.3 is 6.01 Å². The lowest BCUT2D eigenvalue weighted by atomic mass is 9.91. The predicted molar refractivity (Wildman–Crippen MR) is 69.4 cm³/mol. The second kappa shape index (κ2) is 5.98. The topological polar surface area (TPSA) is 101 Å². The van der Waals surface area contributed by atoms with Gasteiger partial charge in [-0.1, -0.05) is 0 Å². The Balaban J connectivity index is 2.20. The van der Waals surface area contributed by atoms with Gasteiger partial charge in [-0.3, -0.25) is 0 Å². The number of nitrogens with zero attached hydrogens (tertiary/aromatic N) is 3. The van der Waals surface area contributed by atoms with Crippen LogP contribution in [0.25, 0.3) is 0 Å². The van der Waals surface area contributed by atoms with Crippen molar-refractivity contribution in [2.24, 2.45) is 0 Å². The van der Waals surface area contributed by atoms with Gasteiger partial charge in [0.05, 0.1) is 19.3 Å². The minimum atomic E-state index is -0.449. The summed E-state index contributed by atoms with van der Waals surface area (Å²) in [4.78, 5) is 12.4. The van der Waals surface area contributed by atoms with Crippen LogP contribution in [-0.2, 0) is 4.74 Å². The molecule has 1 aromatic rings. The Morgan fingerprint density at radius 1 is 1.26 bits per heavy atom. The van der Waals surface area contributed by atoms with Crippen molar-refractivity contribution in [2.75, 3.05) is 44.6 Å². The SMILES string of the molecule is CNc1nc(NC2(CO)CCOCC2)nc(OC)n1. The molecule has 2 rings (SSSR count). The van der Waals surface area contributed by atoms with E-state index in [1.54, 1.807) is 7.05 Å². The number of aliphatic hydroxyl groups excluding tert-OH is 1. The Hall–Kier alpha value is -1.67. The standard InChI is InChI=1S/C11H19N5O3/c1-12-8-13-9(15-10(14-8)18-2)16-11(7-17)3-5-19-6-4-11/h17H,3-7H2,1-2H3,(H2,12,13,14,15,16). The summed E-state index contributed by atoms with van der Waals surface area (Å²) in [7, 11) is 3.21. The summed E-state index contributed by atoms with van der Waals surface area (Å²) in [6, 6.07) is 0.224. The van der Waals surface area contributed by atoms with Crippen LogP contribution in [0.3, 0.4) is 0 Å². The molecular formula is C11H19N5O3. The number of anilines is 2. The van der Waals surface area contributed by atoms with Crippen LogP contribution in [0.1, 0.15) is 12.8 Å². The van der Waals surface area contributed by atoms with Gasteiger partial charge in [0.2, 0.25) is 11.9 Å². The molecule has 0 radical (unpaired) electrons. The quantitative estimate of drug-likeness (QED) is 0.680. The number of aromatic nitrogens is 3. The molecule has 19 heavy (non-hydrogen) atoms. The molecule has 1 saturated heterocycles. The van der Waals surface area contributed by atoms with E-state index in [9.17, 15) is 5.11 Å². The highest BCUT2D eigenvalue weighted by Gasteiger charge is 2.32. The average Bonchev–Trinajstić information content (AvgIpc) is 2.47. The van der Waals surface area contributed by atoms with E-state index in [2.05, 4.69) is 25.6 Å². The third-order valence-corrected chi connectivity index (χ3v) is 3.15. The Labute approximate surface area is 111 Å². The zero-order chi connectivity index (χ0) is 13.7. The molecule has 1 fully saturated rings. The van der Waals surface area contributed by atoms with Crippen LogP contribution < -0.4 is 15.4 Å². The van der Waals surface area contributed by atoms with Crippen LogP contribution in [0.4, 0.5) is 11.9 Å². The molecule has 0 aromatic carbocycles. The summed E-state index contributed by atoms with van der Waals surface area (Å²) in [5.41, 5.74) is -0.449. The molecule has 1 aliphatic heterocycles. The van der Waals surface area contributed by atoms with Gasteiger partial charge in [-0.05, 0) is 12.8 Å². The van der Waals surface area contributed by atoms with Crippen LogP contribution in [-0.4, -0.2) is 59.6 Å². The average molecular weight is 269 g/mol. The number of aliphatic hydroxyl groups is 1. The molecule has 1 aromatic heterocycles. The number of hydrogen-bond donors (Lipinski definition) is 3. The van der Waals surface area contributed by atoms with E-state index in [4.69, 9.17) is 9.47 Å². The van der Waals surface area contributed by atoms with Crippen molar-refractivity contribution in [3.63, 3.8) is 0 Å². The van der Waals surface area contributed by atoms with Crippen molar-refractivity contribution >= 4 is 11.9 Å². The molecule has 0 spiro atoms. The third kappa shape index (κ3) is 3.21. The zero-order valence-electron chi connectivity index (χ0n) is 11.1. The molecule has 0 unspecified atom stereocenters. The van der Waals surface area contributed by atoms with Gasteiger partial charge in [-0.15, -0.1) is 0 Å². The normalized spacial score (nSPS) is 17.8. The molecule has 0 aliphatic carbocycles. The van der Waals surface area contributed by atoms with Gasteiger partial charge in [0.25, 0.3) is 0 Å². The number of methoxy groups -OCH3 is 1. The lowest BCUT2D eigenvalue weighted by Gasteiger charge is -2.36. The minimum Gasteiger partial charge on any atom is -0.467 e. The highest BCUT2D eigenvalue weighted by atomic mass is 16.5. The summed E-state index contributed by atoms with van der Waals surface area (Å²) in [6.07, 6.45) is 1.40. The molecule has 106 valence electrons. The summed E-state index contributed by atoms with van der Waals surface area (Å²) in [5, 5.41) is 15.6.